The van der Waals surface area contributed by atoms with Crippen LogP contribution in [0.5, 0.6) is 0 Å². The van der Waals surface area contributed by atoms with E-state index in [9.17, 15) is 14.0 Å². The van der Waals surface area contributed by atoms with Gasteiger partial charge in [-0.05, 0) is 23.8 Å². The molecule has 0 bridgehead atoms. The summed E-state index contributed by atoms with van der Waals surface area (Å²) in [6, 6.07) is 12.1. The molecular formula is C23H24FN3O5. The SMILES string of the molecule is CC(=O)NCC1CN(c2ccc(-c3ccc(C4=NOC(CO)C4)cc3F)cc2)CC(=O)O1. The number of carbonyl (C=O) groups excluding carboxylic acids is 2. The molecule has 2 aromatic rings. The topological polar surface area (TPSA) is 100 Å². The first-order chi connectivity index (χ1) is 15.4. The van der Waals surface area contributed by atoms with Gasteiger partial charge in [-0.25, -0.2) is 4.39 Å². The van der Waals surface area contributed by atoms with Gasteiger partial charge >= 0.3 is 5.97 Å². The van der Waals surface area contributed by atoms with Crippen LogP contribution in [0.15, 0.2) is 47.6 Å². The fraction of sp³-hybridized carbons (Fsp3) is 0.348. The molecule has 2 N–H and O–H groups in total. The molecule has 0 aliphatic carbocycles. The van der Waals surface area contributed by atoms with Crippen LogP contribution in [0, 0.1) is 5.82 Å². The number of cyclic esters (lactones) is 1. The molecule has 0 radical (unpaired) electrons. The predicted octanol–water partition coefficient (Wildman–Crippen LogP) is 1.85. The third-order valence-corrected chi connectivity index (χ3v) is 5.40. The molecule has 2 aliphatic rings. The van der Waals surface area contributed by atoms with Crippen LogP contribution in [0.1, 0.15) is 18.9 Å². The number of ether oxygens (including phenoxy) is 1. The lowest BCUT2D eigenvalue weighted by molar-refractivity contribution is -0.150. The van der Waals surface area contributed by atoms with Crippen molar-refractivity contribution < 1.29 is 28.7 Å². The van der Waals surface area contributed by atoms with Gasteiger partial charge in [-0.3, -0.25) is 9.59 Å². The number of aliphatic hydroxyl groups excluding tert-OH is 1. The first-order valence-electron chi connectivity index (χ1n) is 10.4. The van der Waals surface area contributed by atoms with Crippen molar-refractivity contribution in [2.45, 2.75) is 25.6 Å². The van der Waals surface area contributed by atoms with Crippen molar-refractivity contribution in [2.75, 3.05) is 31.1 Å². The van der Waals surface area contributed by atoms with Crippen molar-refractivity contribution in [3.05, 3.63) is 53.8 Å². The average Bonchev–Trinajstić information content (AvgIpc) is 3.27. The Kier molecular flexibility index (Phi) is 6.36. The lowest BCUT2D eigenvalue weighted by atomic mass is 9.99. The number of nitrogens with one attached hydrogen (secondary N) is 1. The summed E-state index contributed by atoms with van der Waals surface area (Å²) < 4.78 is 20.1. The Labute approximate surface area is 184 Å². The van der Waals surface area contributed by atoms with E-state index in [0.29, 0.717) is 35.4 Å². The average molecular weight is 441 g/mol. The summed E-state index contributed by atoms with van der Waals surface area (Å²) in [5, 5.41) is 15.7. The van der Waals surface area contributed by atoms with E-state index < -0.39 is 6.10 Å². The van der Waals surface area contributed by atoms with E-state index in [1.165, 1.54) is 13.0 Å². The maximum Gasteiger partial charge on any atom is 0.325 e. The summed E-state index contributed by atoms with van der Waals surface area (Å²) in [6.45, 7) is 2.09. The first kappa shape index (κ1) is 21.8. The van der Waals surface area contributed by atoms with Gasteiger partial charge in [-0.1, -0.05) is 29.4 Å². The predicted molar refractivity (Wildman–Crippen MR) is 116 cm³/mol. The highest BCUT2D eigenvalue weighted by atomic mass is 19.1. The zero-order valence-corrected chi connectivity index (χ0v) is 17.6. The van der Waals surface area contributed by atoms with Gasteiger partial charge in [0, 0.05) is 30.2 Å². The molecule has 4 rings (SSSR count). The third kappa shape index (κ3) is 4.88. The van der Waals surface area contributed by atoms with Gasteiger partial charge < -0.3 is 24.9 Å². The number of benzene rings is 2. The molecule has 1 fully saturated rings. The molecule has 2 aromatic carbocycles. The van der Waals surface area contributed by atoms with E-state index >= 15 is 0 Å². The van der Waals surface area contributed by atoms with E-state index in [0.717, 1.165) is 5.69 Å². The van der Waals surface area contributed by atoms with Gasteiger partial charge in [-0.2, -0.15) is 0 Å². The maximum absolute atomic E-state index is 14.8. The second kappa shape index (κ2) is 9.35. The number of halogens is 1. The Balaban J connectivity index is 1.46. The number of anilines is 1. The van der Waals surface area contributed by atoms with Gasteiger partial charge in [0.1, 0.15) is 18.5 Å². The number of aliphatic hydroxyl groups is 1. The van der Waals surface area contributed by atoms with Crippen molar-refractivity contribution in [2.24, 2.45) is 5.16 Å². The van der Waals surface area contributed by atoms with Crippen LogP contribution in [0.25, 0.3) is 11.1 Å². The van der Waals surface area contributed by atoms with Crippen LogP contribution in [0.4, 0.5) is 10.1 Å². The second-order valence-corrected chi connectivity index (χ2v) is 7.82. The van der Waals surface area contributed by atoms with E-state index in [2.05, 4.69) is 10.5 Å². The van der Waals surface area contributed by atoms with Crippen molar-refractivity contribution in [1.29, 1.82) is 0 Å². The van der Waals surface area contributed by atoms with Crippen LogP contribution in [0.2, 0.25) is 0 Å². The summed E-state index contributed by atoms with van der Waals surface area (Å²) >= 11 is 0. The minimum absolute atomic E-state index is 0.109. The van der Waals surface area contributed by atoms with E-state index in [4.69, 9.17) is 14.7 Å². The number of hydrogen-bond donors (Lipinski definition) is 2. The van der Waals surface area contributed by atoms with Crippen LogP contribution in [-0.4, -0.2) is 61.1 Å². The Morgan fingerprint density at radius 3 is 2.62 bits per heavy atom. The van der Waals surface area contributed by atoms with Gasteiger partial charge in [0.15, 0.2) is 6.10 Å². The largest absolute Gasteiger partial charge is 0.457 e. The fourth-order valence-electron chi connectivity index (χ4n) is 3.76. The van der Waals surface area contributed by atoms with Gasteiger partial charge in [0.05, 0.1) is 25.4 Å². The normalized spacial score (nSPS) is 20.4. The molecule has 32 heavy (non-hydrogen) atoms. The molecule has 0 spiro atoms. The second-order valence-electron chi connectivity index (χ2n) is 7.82. The molecule has 168 valence electrons. The van der Waals surface area contributed by atoms with E-state index in [1.54, 1.807) is 24.3 Å². The minimum Gasteiger partial charge on any atom is -0.457 e. The Morgan fingerprint density at radius 1 is 1.22 bits per heavy atom. The Morgan fingerprint density at radius 2 is 1.97 bits per heavy atom. The molecule has 1 amide bonds. The van der Waals surface area contributed by atoms with Gasteiger partial charge in [-0.15, -0.1) is 0 Å². The third-order valence-electron chi connectivity index (χ3n) is 5.40. The van der Waals surface area contributed by atoms with E-state index in [-0.39, 0.29) is 43.5 Å². The lowest BCUT2D eigenvalue weighted by Crippen LogP contribution is -2.49. The molecular weight excluding hydrogens is 417 g/mol. The molecule has 0 saturated carbocycles. The number of esters is 1. The summed E-state index contributed by atoms with van der Waals surface area (Å²) in [6.07, 6.45) is -0.381. The highest BCUT2D eigenvalue weighted by Gasteiger charge is 2.27. The number of oxime groups is 1. The minimum atomic E-state index is -0.433. The van der Waals surface area contributed by atoms with Gasteiger partial charge in [0.25, 0.3) is 0 Å². The molecule has 2 unspecified atom stereocenters. The van der Waals surface area contributed by atoms with Crippen LogP contribution in [0.3, 0.4) is 0 Å². The maximum atomic E-state index is 14.8. The number of rotatable bonds is 6. The number of amides is 1. The van der Waals surface area contributed by atoms with Crippen molar-refractivity contribution in [3.8, 4) is 11.1 Å². The molecule has 9 heteroatoms. The van der Waals surface area contributed by atoms with Crippen LogP contribution >= 0.6 is 0 Å². The quantitative estimate of drug-likeness (QED) is 0.664. The Bertz CT molecular complexity index is 1040. The smallest absolute Gasteiger partial charge is 0.325 e. The number of carbonyl (C=O) groups is 2. The van der Waals surface area contributed by atoms with Gasteiger partial charge in [0.2, 0.25) is 5.91 Å². The summed E-state index contributed by atoms with van der Waals surface area (Å²) in [5.74, 6) is -0.932. The highest BCUT2D eigenvalue weighted by Crippen LogP contribution is 2.28. The Hall–Kier alpha value is -3.46. The lowest BCUT2D eigenvalue weighted by Gasteiger charge is -2.33. The fourth-order valence-corrected chi connectivity index (χ4v) is 3.76. The van der Waals surface area contributed by atoms with Crippen molar-refractivity contribution >= 4 is 23.3 Å². The van der Waals surface area contributed by atoms with Crippen LogP contribution in [-0.2, 0) is 19.2 Å². The monoisotopic (exact) mass is 441 g/mol. The summed E-state index contributed by atoms with van der Waals surface area (Å²) in [5.41, 5.74) is 3.18. The summed E-state index contributed by atoms with van der Waals surface area (Å²) in [4.78, 5) is 30.0. The molecule has 2 atom stereocenters. The zero-order valence-electron chi connectivity index (χ0n) is 17.6. The molecule has 0 aromatic heterocycles. The molecule has 8 nitrogen and oxygen atoms in total. The number of morpholine rings is 1. The standard InChI is InChI=1S/C23H24FN3O5/c1-14(29)25-10-19-11-27(12-23(30)31-19)17-5-2-15(3-6-17)20-7-4-16(8-21(20)24)22-9-18(13-28)32-26-22/h2-8,18-19,28H,9-13H2,1H3,(H,25,29). The molecule has 2 heterocycles. The highest BCUT2D eigenvalue weighted by molar-refractivity contribution is 6.01. The molecule has 1 saturated heterocycles. The van der Waals surface area contributed by atoms with Crippen molar-refractivity contribution in [1.82, 2.24) is 5.32 Å². The summed E-state index contributed by atoms with van der Waals surface area (Å²) in [7, 11) is 0. The molecule has 2 aliphatic heterocycles. The van der Waals surface area contributed by atoms with Crippen LogP contribution < -0.4 is 10.2 Å². The zero-order chi connectivity index (χ0) is 22.7. The number of nitrogens with zero attached hydrogens (tertiary/aromatic N) is 2. The van der Waals surface area contributed by atoms with E-state index in [1.807, 2.05) is 17.0 Å². The number of hydrogen-bond acceptors (Lipinski definition) is 7. The first-order valence-corrected chi connectivity index (χ1v) is 10.4. The van der Waals surface area contributed by atoms with Crippen molar-refractivity contribution in [3.63, 3.8) is 0 Å².